The van der Waals surface area contributed by atoms with Gasteiger partial charge in [0.25, 0.3) is 64.6 Å². The zero-order valence-electron chi connectivity index (χ0n) is 31.5. The van der Waals surface area contributed by atoms with Gasteiger partial charge in [-0.05, 0) is 0 Å². The van der Waals surface area contributed by atoms with Crippen molar-refractivity contribution in [3.63, 3.8) is 0 Å². The third-order valence-electron chi connectivity index (χ3n) is 6.57. The van der Waals surface area contributed by atoms with E-state index >= 15 is 0 Å². The van der Waals surface area contributed by atoms with Crippen LogP contribution in [0.25, 0.3) is 0 Å². The largest absolute Gasteiger partial charge is 2.00 e. The zero-order valence-corrected chi connectivity index (χ0v) is 38.2. The molecule has 0 bridgehead atoms. The van der Waals surface area contributed by atoms with Crippen LogP contribution < -0.4 is 0 Å². The Morgan fingerprint density at radius 3 is 0.652 bits per heavy atom. The van der Waals surface area contributed by atoms with Gasteiger partial charge < -0.3 is 115 Å². The summed E-state index contributed by atoms with van der Waals surface area (Å²) < 4.78 is 154. The molecule has 4 rings (SSSR count). The number of carbonyl (C=O) groups excluding carboxylic acids is 4. The first-order valence-corrected chi connectivity index (χ1v) is 20.7. The predicted octanol–water partition coefficient (Wildman–Crippen LogP) is -10.7. The van der Waals surface area contributed by atoms with Crippen LogP contribution in [-0.2, 0) is 96.5 Å². The fourth-order valence-electron chi connectivity index (χ4n) is 3.97. The predicted molar refractivity (Wildman–Crippen MR) is 185 cm³/mol. The molecule has 0 aromatic rings. The number of esters is 4. The molecular formula is C24H28GeMgO36S4-2. The second-order valence-electron chi connectivity index (χ2n) is 11.1. The summed E-state index contributed by atoms with van der Waals surface area (Å²) in [6.45, 7) is -3.39. The van der Waals surface area contributed by atoms with Gasteiger partial charge in [-0.15, -0.1) is 0 Å². The van der Waals surface area contributed by atoms with E-state index in [0.717, 1.165) is 0 Å². The van der Waals surface area contributed by atoms with Gasteiger partial charge in [-0.1, -0.05) is 0 Å². The van der Waals surface area contributed by atoms with Gasteiger partial charge in [0.1, 0.15) is 24.4 Å². The minimum Gasteiger partial charge on any atom is -0.716 e. The molecule has 0 saturated carbocycles. The van der Waals surface area contributed by atoms with Crippen molar-refractivity contribution < 1.29 is 168 Å². The van der Waals surface area contributed by atoms with Crippen molar-refractivity contribution in [3.8, 4) is 0 Å². The SMILES string of the molecule is O=C1O[C@H]([C@@H](O)CO)C(O)=C1OS(=O)(=O)[O-].O=C1O[C@H]([C@@H](O)CO)C(O)=C1OS(=O)(=O)[O-].O=C1O[C@H]([C@@H](O)CO)C(O)=C1OS(=O)(=O)[O-].O=C1O[C@H]([C@@H](O)CO)C(O)=C1OS(=O)(=O)[O-].[Ge].[Mg+2]. The van der Waals surface area contributed by atoms with Gasteiger partial charge in [0.2, 0.25) is 0 Å². The first-order valence-electron chi connectivity index (χ1n) is 15.4. The maximum absolute atomic E-state index is 10.9. The fraction of sp³-hybridized carbons (Fsp3) is 0.500. The number of ether oxygens (including phenoxy) is 4. The molecule has 36 nitrogen and oxygen atoms in total. The molecule has 0 unspecified atom stereocenters. The van der Waals surface area contributed by atoms with Crippen LogP contribution in [0.4, 0.5) is 0 Å². The number of carbonyl (C=O) groups is 4. The number of hydrogen-bond donors (Lipinski definition) is 12. The molecule has 12 N–H and O–H groups in total. The van der Waals surface area contributed by atoms with E-state index in [1.165, 1.54) is 0 Å². The van der Waals surface area contributed by atoms with Crippen LogP contribution in [0.5, 0.6) is 0 Å². The van der Waals surface area contributed by atoms with E-state index in [0.29, 0.717) is 0 Å². The number of hydrogen-bond acceptors (Lipinski definition) is 36. The molecule has 4 aliphatic rings. The Labute approximate surface area is 393 Å². The second kappa shape index (κ2) is 25.9. The molecular weight excluding hydrogens is 1090 g/mol. The number of aliphatic hydroxyl groups is 12. The van der Waals surface area contributed by atoms with Gasteiger partial charge in [0.05, 0.1) is 26.4 Å². The molecule has 4 radical (unpaired) electrons. The van der Waals surface area contributed by atoms with E-state index < -0.39 is 187 Å². The first-order chi connectivity index (χ1) is 29.0. The Morgan fingerprint density at radius 2 is 0.545 bits per heavy atom. The van der Waals surface area contributed by atoms with Gasteiger partial charge >= 0.3 is 46.9 Å². The van der Waals surface area contributed by atoms with Crippen molar-refractivity contribution in [2.75, 3.05) is 26.4 Å². The van der Waals surface area contributed by atoms with Crippen LogP contribution in [0.2, 0.25) is 0 Å². The van der Waals surface area contributed by atoms with E-state index in [1.807, 2.05) is 0 Å². The average Bonchev–Trinajstić information content (AvgIpc) is 3.81. The van der Waals surface area contributed by atoms with Crippen molar-refractivity contribution in [1.29, 1.82) is 0 Å². The van der Waals surface area contributed by atoms with Crippen molar-refractivity contribution in [3.05, 3.63) is 46.1 Å². The van der Waals surface area contributed by atoms with Crippen LogP contribution in [0.15, 0.2) is 46.1 Å². The summed E-state index contributed by atoms with van der Waals surface area (Å²) in [6.07, 6.45) is -13.2. The van der Waals surface area contributed by atoms with E-state index in [9.17, 15) is 91.5 Å². The average molecular weight is 1120 g/mol. The van der Waals surface area contributed by atoms with Crippen LogP contribution in [0.1, 0.15) is 0 Å². The summed E-state index contributed by atoms with van der Waals surface area (Å²) in [5, 5.41) is 107. The molecule has 66 heavy (non-hydrogen) atoms. The maximum Gasteiger partial charge on any atom is 2.00 e. The molecule has 0 aromatic heterocycles. The molecule has 0 amide bonds. The normalized spacial score (nSPS) is 22.5. The molecule has 42 heteroatoms. The van der Waals surface area contributed by atoms with E-state index in [1.54, 1.807) is 0 Å². The summed E-state index contributed by atoms with van der Waals surface area (Å²) in [4.78, 5) is 43.7. The second-order valence-corrected chi connectivity index (χ2v) is 15.1. The van der Waals surface area contributed by atoms with E-state index in [2.05, 4.69) is 35.7 Å². The molecule has 372 valence electrons. The van der Waals surface area contributed by atoms with Gasteiger partial charge in [-0.25, -0.2) is 52.8 Å². The topological polar surface area (TPSA) is 614 Å². The van der Waals surface area contributed by atoms with Crippen molar-refractivity contribution in [1.82, 2.24) is 0 Å². The number of rotatable bonds is 16. The number of aliphatic hydroxyl groups excluding tert-OH is 12. The van der Waals surface area contributed by atoms with Crippen LogP contribution in [-0.4, -0.2) is 253 Å². The van der Waals surface area contributed by atoms with E-state index in [-0.39, 0.29) is 40.6 Å². The first kappa shape index (κ1) is 64.0. The molecule has 4 heterocycles. The quantitative estimate of drug-likeness (QED) is 0.0224. The summed E-state index contributed by atoms with van der Waals surface area (Å²) in [5.41, 5.74) is 0. The summed E-state index contributed by atoms with van der Waals surface area (Å²) in [5.74, 6) is -14.8. The molecule has 0 fully saturated rings. The molecule has 0 aromatic carbocycles. The molecule has 0 aliphatic carbocycles. The fourth-order valence-corrected chi connectivity index (χ4v) is 5.41. The van der Waals surface area contributed by atoms with Crippen molar-refractivity contribution in [2.45, 2.75) is 48.8 Å². The molecule has 8 atom stereocenters. The summed E-state index contributed by atoms with van der Waals surface area (Å²) in [7, 11) is -21.0. The monoisotopic (exact) mass is 1120 g/mol. The van der Waals surface area contributed by atoms with E-state index in [4.69, 9.17) is 40.9 Å². The van der Waals surface area contributed by atoms with Gasteiger partial charge in [-0.3, -0.25) is 0 Å². The number of cyclic esters (lactones) is 4. The van der Waals surface area contributed by atoms with Gasteiger partial charge in [-0.2, -0.15) is 0 Å². The Hall–Kier alpha value is -4.13. The minimum absolute atomic E-state index is 0. The maximum atomic E-state index is 10.9. The standard InChI is InChI=1S/4C6H8O9S.Ge.Mg/c4*7-1-2(8)4-3(9)5(6(10)14-4)15-16(11,12)13;;/h4*2,4,7-9H,1H2,(H,11,12,13);;/q;;;;;+2/p-4/t4*2-,4+;;/m0000../s1. The Balaban J connectivity index is 0. The van der Waals surface area contributed by atoms with Crippen molar-refractivity contribution >= 4 is 106 Å². The summed E-state index contributed by atoms with van der Waals surface area (Å²) in [6, 6.07) is 0. The van der Waals surface area contributed by atoms with Gasteiger partial charge in [0, 0.05) is 17.6 Å². The van der Waals surface area contributed by atoms with Gasteiger partial charge in [0.15, 0.2) is 47.5 Å². The van der Waals surface area contributed by atoms with Crippen LogP contribution in [0, 0.1) is 0 Å². The Morgan fingerprint density at radius 1 is 0.409 bits per heavy atom. The summed E-state index contributed by atoms with van der Waals surface area (Å²) >= 11 is 0. The van der Waals surface area contributed by atoms with Crippen molar-refractivity contribution in [2.24, 2.45) is 0 Å². The molecule has 0 saturated heterocycles. The van der Waals surface area contributed by atoms with Crippen LogP contribution >= 0.6 is 0 Å². The Bertz CT molecular complexity index is 2030. The smallest absolute Gasteiger partial charge is 0.716 e. The third-order valence-corrected chi connectivity index (χ3v) is 8.06. The Kier molecular flexibility index (Phi) is 25.0. The van der Waals surface area contributed by atoms with Crippen LogP contribution in [0.3, 0.4) is 0 Å². The zero-order chi connectivity index (χ0) is 50.0. The minimum atomic E-state index is -5.24. The molecule has 4 aliphatic heterocycles. The molecule has 0 spiro atoms. The third kappa shape index (κ3) is 19.2.